The summed E-state index contributed by atoms with van der Waals surface area (Å²) in [5.41, 5.74) is 7.24. The Hall–Kier alpha value is -0.490. The topological polar surface area (TPSA) is 58.4 Å². The van der Waals surface area contributed by atoms with Crippen LogP contribution in [0, 0.1) is 11.8 Å². The third-order valence-corrected chi connectivity index (χ3v) is 5.60. The number of nitrogens with two attached hydrogens (primary N) is 1. The minimum atomic E-state index is 0. The van der Waals surface area contributed by atoms with Crippen LogP contribution in [0.25, 0.3) is 0 Å². The van der Waals surface area contributed by atoms with Crippen molar-refractivity contribution in [1.82, 2.24) is 5.32 Å². The Bertz CT molecular complexity index is 561. The average Bonchev–Trinajstić information content (AvgIpc) is 3.01. The normalized spacial score (nSPS) is 25.7. The highest BCUT2D eigenvalue weighted by Gasteiger charge is 2.27. The first-order valence-electron chi connectivity index (χ1n) is 8.65. The zero-order valence-corrected chi connectivity index (χ0v) is 17.5. The smallest absolute Gasteiger partial charge is 0.223 e. The molecule has 142 valence electrons. The predicted octanol–water partition coefficient (Wildman–Crippen LogP) is 3.75. The summed E-state index contributed by atoms with van der Waals surface area (Å²) >= 11 is 3.53. The van der Waals surface area contributed by atoms with Gasteiger partial charge in [-0.2, -0.15) is 0 Å². The maximum atomic E-state index is 12.3. The van der Waals surface area contributed by atoms with Gasteiger partial charge in [-0.1, -0.05) is 28.4 Å². The summed E-state index contributed by atoms with van der Waals surface area (Å²) in [6.45, 7) is 2.86. The highest BCUT2D eigenvalue weighted by molar-refractivity contribution is 9.10. The number of rotatable bonds is 4. The Balaban J connectivity index is 0.00000156. The van der Waals surface area contributed by atoms with Crippen LogP contribution in [0.3, 0.4) is 0 Å². The number of carbonyl (C=O) groups is 1. The zero-order valence-electron chi connectivity index (χ0n) is 14.3. The summed E-state index contributed by atoms with van der Waals surface area (Å²) in [7, 11) is 0. The predicted molar refractivity (Wildman–Crippen MR) is 112 cm³/mol. The second kappa shape index (κ2) is 10.6. The molecule has 1 amide bonds. The molecule has 3 unspecified atom stereocenters. The Morgan fingerprint density at radius 2 is 2.08 bits per heavy atom. The molecule has 0 spiro atoms. The van der Waals surface area contributed by atoms with Gasteiger partial charge in [0.2, 0.25) is 5.91 Å². The van der Waals surface area contributed by atoms with Gasteiger partial charge < -0.3 is 16.0 Å². The third-order valence-electron chi connectivity index (χ3n) is 5.11. The molecule has 3 rings (SSSR count). The van der Waals surface area contributed by atoms with Crippen LogP contribution in [0.4, 0.5) is 5.69 Å². The molecule has 3 N–H and O–H groups in total. The van der Waals surface area contributed by atoms with Crippen molar-refractivity contribution in [3.05, 3.63) is 28.7 Å². The van der Waals surface area contributed by atoms with E-state index in [1.54, 1.807) is 0 Å². The van der Waals surface area contributed by atoms with Crippen LogP contribution in [0.15, 0.2) is 28.7 Å². The molecule has 4 nitrogen and oxygen atoms in total. The first kappa shape index (κ1) is 22.6. The lowest BCUT2D eigenvalue weighted by atomic mass is 9.85. The Morgan fingerprint density at radius 1 is 1.28 bits per heavy atom. The maximum absolute atomic E-state index is 12.3. The Morgan fingerprint density at radius 3 is 2.80 bits per heavy atom. The third kappa shape index (κ3) is 6.31. The molecule has 0 bridgehead atoms. The van der Waals surface area contributed by atoms with Crippen molar-refractivity contribution in [2.24, 2.45) is 17.6 Å². The fourth-order valence-corrected chi connectivity index (χ4v) is 4.15. The number of amides is 1. The fourth-order valence-electron chi connectivity index (χ4n) is 3.76. The Kier molecular flexibility index (Phi) is 9.57. The van der Waals surface area contributed by atoms with Gasteiger partial charge in [0, 0.05) is 41.8 Å². The van der Waals surface area contributed by atoms with E-state index in [9.17, 15) is 4.79 Å². The van der Waals surface area contributed by atoms with E-state index in [0.29, 0.717) is 5.92 Å². The van der Waals surface area contributed by atoms with Crippen LogP contribution in [0.2, 0.25) is 0 Å². The van der Waals surface area contributed by atoms with Gasteiger partial charge in [0.25, 0.3) is 0 Å². The second-order valence-electron chi connectivity index (χ2n) is 6.95. The van der Waals surface area contributed by atoms with E-state index >= 15 is 0 Å². The quantitative estimate of drug-likeness (QED) is 0.731. The van der Waals surface area contributed by atoms with Crippen LogP contribution in [0.5, 0.6) is 0 Å². The molecule has 1 saturated carbocycles. The molecule has 0 aromatic heterocycles. The van der Waals surface area contributed by atoms with Crippen LogP contribution in [-0.4, -0.2) is 31.6 Å². The summed E-state index contributed by atoms with van der Waals surface area (Å²) < 4.78 is 1.11. The number of nitrogens with zero attached hydrogens (tertiary/aromatic N) is 1. The lowest BCUT2D eigenvalue weighted by Crippen LogP contribution is -2.39. The molecular weight excluding hydrogens is 425 g/mol. The van der Waals surface area contributed by atoms with Crippen molar-refractivity contribution >= 4 is 52.3 Å². The van der Waals surface area contributed by atoms with Gasteiger partial charge in [-0.25, -0.2) is 0 Å². The molecule has 1 aliphatic heterocycles. The first-order valence-corrected chi connectivity index (χ1v) is 9.45. The van der Waals surface area contributed by atoms with Crippen molar-refractivity contribution in [1.29, 1.82) is 0 Å². The van der Waals surface area contributed by atoms with Crippen molar-refractivity contribution < 1.29 is 4.79 Å². The standard InChI is InChI=1S/C18H26BrN3O.2ClH/c19-15-4-2-6-17(10-15)22-8-7-13(12-22)11-21-18(23)14-3-1-5-16(20)9-14;;/h2,4,6,10,13-14,16H,1,3,5,7-9,11-12,20H2,(H,21,23);2*1H. The molecule has 3 atom stereocenters. The number of nitrogens with one attached hydrogen (secondary N) is 1. The summed E-state index contributed by atoms with van der Waals surface area (Å²) in [6.07, 6.45) is 5.12. The van der Waals surface area contributed by atoms with E-state index in [0.717, 1.165) is 56.2 Å². The molecule has 1 heterocycles. The number of hydrogen-bond acceptors (Lipinski definition) is 3. The monoisotopic (exact) mass is 451 g/mol. The van der Waals surface area contributed by atoms with E-state index in [1.165, 1.54) is 5.69 Å². The summed E-state index contributed by atoms with van der Waals surface area (Å²) in [6, 6.07) is 8.63. The molecule has 1 aromatic carbocycles. The van der Waals surface area contributed by atoms with E-state index in [1.807, 2.05) is 6.07 Å². The summed E-state index contributed by atoms with van der Waals surface area (Å²) in [4.78, 5) is 14.7. The van der Waals surface area contributed by atoms with Crippen LogP contribution >= 0.6 is 40.7 Å². The SMILES string of the molecule is Cl.Cl.NC1CCCC(C(=O)NCC2CCN(c3cccc(Br)c3)C2)C1. The molecule has 25 heavy (non-hydrogen) atoms. The number of anilines is 1. The van der Waals surface area contributed by atoms with Crippen molar-refractivity contribution in [3.8, 4) is 0 Å². The van der Waals surface area contributed by atoms with Crippen molar-refractivity contribution in [2.45, 2.75) is 38.1 Å². The van der Waals surface area contributed by atoms with Gasteiger partial charge in [0.15, 0.2) is 0 Å². The average molecular weight is 453 g/mol. The lowest BCUT2D eigenvalue weighted by molar-refractivity contribution is -0.126. The van der Waals surface area contributed by atoms with E-state index < -0.39 is 0 Å². The number of hydrogen-bond donors (Lipinski definition) is 2. The van der Waals surface area contributed by atoms with Gasteiger partial charge in [0.1, 0.15) is 0 Å². The summed E-state index contributed by atoms with van der Waals surface area (Å²) in [5.74, 6) is 0.873. The second-order valence-corrected chi connectivity index (χ2v) is 7.87. The van der Waals surface area contributed by atoms with Crippen LogP contribution in [-0.2, 0) is 4.79 Å². The number of halogens is 3. The minimum absolute atomic E-state index is 0. The molecule has 1 saturated heterocycles. The molecule has 0 radical (unpaired) electrons. The minimum Gasteiger partial charge on any atom is -0.371 e. The molecule has 2 fully saturated rings. The van der Waals surface area contributed by atoms with Crippen LogP contribution < -0.4 is 16.0 Å². The zero-order chi connectivity index (χ0) is 16.2. The lowest BCUT2D eigenvalue weighted by Gasteiger charge is -2.26. The van der Waals surface area contributed by atoms with Gasteiger partial charge in [-0.15, -0.1) is 24.8 Å². The first-order chi connectivity index (χ1) is 11.1. The largest absolute Gasteiger partial charge is 0.371 e. The fraction of sp³-hybridized carbons (Fsp3) is 0.611. The maximum Gasteiger partial charge on any atom is 0.223 e. The van der Waals surface area contributed by atoms with Crippen LogP contribution in [0.1, 0.15) is 32.1 Å². The Labute approximate surface area is 171 Å². The number of carbonyl (C=O) groups excluding carboxylic acids is 1. The molecular formula is C18H28BrCl2N3O. The van der Waals surface area contributed by atoms with Crippen molar-refractivity contribution in [2.75, 3.05) is 24.5 Å². The van der Waals surface area contributed by atoms with Gasteiger partial charge in [0.05, 0.1) is 0 Å². The molecule has 1 aliphatic carbocycles. The van der Waals surface area contributed by atoms with E-state index in [4.69, 9.17) is 5.73 Å². The molecule has 1 aromatic rings. The molecule has 2 aliphatic rings. The number of benzene rings is 1. The summed E-state index contributed by atoms with van der Waals surface area (Å²) in [5, 5.41) is 3.17. The molecule has 7 heteroatoms. The highest BCUT2D eigenvalue weighted by Crippen LogP contribution is 2.26. The van der Waals surface area contributed by atoms with Crippen molar-refractivity contribution in [3.63, 3.8) is 0 Å². The van der Waals surface area contributed by atoms with E-state index in [-0.39, 0.29) is 42.7 Å². The van der Waals surface area contributed by atoms with Gasteiger partial charge in [-0.3, -0.25) is 4.79 Å². The highest BCUT2D eigenvalue weighted by atomic mass is 79.9. The van der Waals surface area contributed by atoms with E-state index in [2.05, 4.69) is 44.3 Å². The van der Waals surface area contributed by atoms with Gasteiger partial charge in [-0.05, 0) is 49.8 Å². The van der Waals surface area contributed by atoms with Gasteiger partial charge >= 0.3 is 0 Å².